The van der Waals surface area contributed by atoms with Gasteiger partial charge in [-0.25, -0.2) is 9.78 Å². The number of methoxy groups -OCH3 is 2. The van der Waals surface area contributed by atoms with Gasteiger partial charge in [0.25, 0.3) is 5.91 Å². The van der Waals surface area contributed by atoms with E-state index in [4.69, 9.17) is 18.9 Å². The highest BCUT2D eigenvalue weighted by molar-refractivity contribution is 5.98. The predicted molar refractivity (Wildman–Crippen MR) is 116 cm³/mol. The molecule has 0 spiro atoms. The van der Waals surface area contributed by atoms with E-state index in [1.54, 1.807) is 14.0 Å². The second-order valence-corrected chi connectivity index (χ2v) is 7.15. The highest BCUT2D eigenvalue weighted by Gasteiger charge is 2.27. The van der Waals surface area contributed by atoms with Gasteiger partial charge in [0.05, 0.1) is 14.2 Å². The number of para-hydroxylation sites is 1. The lowest BCUT2D eigenvalue weighted by atomic mass is 9.95. The molecule has 3 atom stereocenters. The quantitative estimate of drug-likeness (QED) is 0.588. The van der Waals surface area contributed by atoms with Crippen molar-refractivity contribution in [3.05, 3.63) is 47.8 Å². The fraction of sp³-hybridized carbons (Fsp3) is 0.391. The molecular formula is C23H28N2O7. The van der Waals surface area contributed by atoms with Gasteiger partial charge in [-0.1, -0.05) is 25.1 Å². The molecule has 0 aliphatic carbocycles. The van der Waals surface area contributed by atoms with Gasteiger partial charge in [-0.3, -0.25) is 9.59 Å². The minimum absolute atomic E-state index is 0.126. The van der Waals surface area contributed by atoms with Crippen LogP contribution < -0.4 is 19.5 Å². The number of nitrogens with one attached hydrogen (secondary N) is 1. The summed E-state index contributed by atoms with van der Waals surface area (Å²) in [6.45, 7) is 6.38. The van der Waals surface area contributed by atoms with Crippen LogP contribution in [-0.4, -0.2) is 49.2 Å². The number of hydrogen-bond donors (Lipinski definition) is 1. The van der Waals surface area contributed by atoms with Gasteiger partial charge in [-0.05, 0) is 19.9 Å². The second-order valence-electron chi connectivity index (χ2n) is 7.15. The van der Waals surface area contributed by atoms with Crippen molar-refractivity contribution < 1.29 is 33.3 Å². The van der Waals surface area contributed by atoms with Crippen LogP contribution >= 0.6 is 0 Å². The van der Waals surface area contributed by atoms with Gasteiger partial charge in [-0.15, -0.1) is 0 Å². The Morgan fingerprint density at radius 3 is 2.25 bits per heavy atom. The SMILES string of the molecule is COc1ccccc1[C@H](C)[C@H](C)OC(=O)[C@H](C)NC(=O)c1nccc(OC)c1OC(C)=O. The number of amides is 1. The highest BCUT2D eigenvalue weighted by Crippen LogP contribution is 2.31. The van der Waals surface area contributed by atoms with E-state index in [1.165, 1.54) is 33.2 Å². The number of hydrogen-bond acceptors (Lipinski definition) is 8. The van der Waals surface area contributed by atoms with Crippen molar-refractivity contribution in [2.75, 3.05) is 14.2 Å². The first-order valence-electron chi connectivity index (χ1n) is 10.0. The van der Waals surface area contributed by atoms with Crippen LogP contribution in [0.15, 0.2) is 36.5 Å². The largest absolute Gasteiger partial charge is 0.496 e. The average Bonchev–Trinajstić information content (AvgIpc) is 2.77. The summed E-state index contributed by atoms with van der Waals surface area (Å²) in [5.41, 5.74) is 0.716. The minimum Gasteiger partial charge on any atom is -0.496 e. The van der Waals surface area contributed by atoms with Crippen molar-refractivity contribution in [1.82, 2.24) is 10.3 Å². The lowest BCUT2D eigenvalue weighted by Gasteiger charge is -2.24. The molecule has 0 saturated carbocycles. The first-order valence-corrected chi connectivity index (χ1v) is 10.0. The third kappa shape index (κ3) is 5.96. The molecule has 0 radical (unpaired) electrons. The van der Waals surface area contributed by atoms with E-state index < -0.39 is 30.0 Å². The summed E-state index contributed by atoms with van der Waals surface area (Å²) in [5.74, 6) is -1.38. The Labute approximate surface area is 187 Å². The Balaban J connectivity index is 2.09. The maximum Gasteiger partial charge on any atom is 0.328 e. The minimum atomic E-state index is -0.979. The first kappa shape index (κ1) is 24.6. The molecule has 0 bridgehead atoms. The maximum atomic E-state index is 12.7. The monoisotopic (exact) mass is 444 g/mol. The number of esters is 2. The lowest BCUT2D eigenvalue weighted by Crippen LogP contribution is -2.41. The fourth-order valence-electron chi connectivity index (χ4n) is 3.00. The Morgan fingerprint density at radius 2 is 1.62 bits per heavy atom. The third-order valence-corrected chi connectivity index (χ3v) is 4.89. The van der Waals surface area contributed by atoms with Gasteiger partial charge >= 0.3 is 11.9 Å². The molecule has 1 amide bonds. The number of carbonyl (C=O) groups excluding carboxylic acids is 3. The highest BCUT2D eigenvalue weighted by atomic mass is 16.6. The van der Waals surface area contributed by atoms with Crippen LogP contribution in [-0.2, 0) is 14.3 Å². The fourth-order valence-corrected chi connectivity index (χ4v) is 3.00. The number of rotatable bonds is 9. The molecule has 9 nitrogen and oxygen atoms in total. The van der Waals surface area contributed by atoms with Crippen molar-refractivity contribution in [2.24, 2.45) is 0 Å². The summed E-state index contributed by atoms with van der Waals surface area (Å²) in [6, 6.07) is 7.96. The molecule has 172 valence electrons. The van der Waals surface area contributed by atoms with Gasteiger partial charge in [-0.2, -0.15) is 0 Å². The molecule has 2 rings (SSSR count). The zero-order chi connectivity index (χ0) is 23.8. The van der Waals surface area contributed by atoms with E-state index in [9.17, 15) is 14.4 Å². The van der Waals surface area contributed by atoms with E-state index >= 15 is 0 Å². The van der Waals surface area contributed by atoms with Crippen molar-refractivity contribution in [1.29, 1.82) is 0 Å². The molecule has 9 heteroatoms. The van der Waals surface area contributed by atoms with Gasteiger partial charge in [0.2, 0.25) is 5.75 Å². The third-order valence-electron chi connectivity index (χ3n) is 4.89. The van der Waals surface area contributed by atoms with Crippen LogP contribution in [0.4, 0.5) is 0 Å². The van der Waals surface area contributed by atoms with Crippen LogP contribution in [0.3, 0.4) is 0 Å². The van der Waals surface area contributed by atoms with Gasteiger partial charge < -0.3 is 24.3 Å². The van der Waals surface area contributed by atoms with E-state index in [0.29, 0.717) is 5.75 Å². The summed E-state index contributed by atoms with van der Waals surface area (Å²) in [6.07, 6.45) is 0.852. The predicted octanol–water partition coefficient (Wildman–Crippen LogP) is 2.88. The lowest BCUT2D eigenvalue weighted by molar-refractivity contribution is -0.151. The van der Waals surface area contributed by atoms with Gasteiger partial charge in [0, 0.05) is 30.7 Å². The molecular weight excluding hydrogens is 416 g/mol. The molecule has 32 heavy (non-hydrogen) atoms. The number of nitrogens with zero attached hydrogens (tertiary/aromatic N) is 1. The van der Waals surface area contributed by atoms with Crippen molar-refractivity contribution in [2.45, 2.75) is 45.8 Å². The Bertz CT molecular complexity index is 977. The summed E-state index contributed by atoms with van der Waals surface area (Å²) >= 11 is 0. The number of carbonyl (C=O) groups is 3. The molecule has 0 aliphatic heterocycles. The molecule has 0 unspecified atom stereocenters. The molecule has 1 heterocycles. The van der Waals surface area contributed by atoms with Crippen LogP contribution in [0, 0.1) is 0 Å². The van der Waals surface area contributed by atoms with Crippen molar-refractivity contribution >= 4 is 17.8 Å². The van der Waals surface area contributed by atoms with Crippen LogP contribution in [0.1, 0.15) is 49.7 Å². The number of pyridine rings is 1. The smallest absolute Gasteiger partial charge is 0.328 e. The zero-order valence-corrected chi connectivity index (χ0v) is 19.0. The molecule has 0 saturated heterocycles. The van der Waals surface area contributed by atoms with E-state index in [2.05, 4.69) is 10.3 Å². The Hall–Kier alpha value is -3.62. The molecule has 0 fully saturated rings. The molecule has 1 aromatic carbocycles. The first-order chi connectivity index (χ1) is 15.2. The standard InChI is InChI=1S/C23H28N2O7/c1-13(17-9-7-8-10-18(17)29-5)15(3)31-23(28)14(2)25-22(27)20-21(32-16(4)26)19(30-6)11-12-24-20/h7-15H,1-6H3,(H,25,27)/t13-,14+,15+/m1/s1. The topological polar surface area (TPSA) is 113 Å². The van der Waals surface area contributed by atoms with E-state index in [1.807, 2.05) is 31.2 Å². The van der Waals surface area contributed by atoms with Crippen LogP contribution in [0.25, 0.3) is 0 Å². The molecule has 1 N–H and O–H groups in total. The normalized spacial score (nSPS) is 13.3. The van der Waals surface area contributed by atoms with Crippen LogP contribution in [0.2, 0.25) is 0 Å². The average molecular weight is 444 g/mol. The zero-order valence-electron chi connectivity index (χ0n) is 19.0. The maximum absolute atomic E-state index is 12.7. The Morgan fingerprint density at radius 1 is 0.969 bits per heavy atom. The summed E-state index contributed by atoms with van der Waals surface area (Å²) < 4.78 is 21.2. The van der Waals surface area contributed by atoms with E-state index in [-0.39, 0.29) is 23.1 Å². The Kier molecular flexibility index (Phi) is 8.57. The van der Waals surface area contributed by atoms with Crippen LogP contribution in [0.5, 0.6) is 17.2 Å². The van der Waals surface area contributed by atoms with Gasteiger partial charge in [0.1, 0.15) is 17.9 Å². The number of ether oxygens (including phenoxy) is 4. The molecule has 0 aliphatic rings. The molecule has 1 aromatic heterocycles. The number of aromatic nitrogens is 1. The van der Waals surface area contributed by atoms with Crippen molar-refractivity contribution in [3.8, 4) is 17.2 Å². The summed E-state index contributed by atoms with van der Waals surface area (Å²) in [5, 5.41) is 2.52. The second kappa shape index (κ2) is 11.1. The van der Waals surface area contributed by atoms with Crippen molar-refractivity contribution in [3.63, 3.8) is 0 Å². The number of benzene rings is 1. The van der Waals surface area contributed by atoms with Gasteiger partial charge in [0.15, 0.2) is 11.4 Å². The summed E-state index contributed by atoms with van der Waals surface area (Å²) in [7, 11) is 2.95. The summed E-state index contributed by atoms with van der Waals surface area (Å²) in [4.78, 5) is 40.7. The van der Waals surface area contributed by atoms with E-state index in [0.717, 1.165) is 5.56 Å². The molecule has 2 aromatic rings.